The van der Waals surface area contributed by atoms with E-state index >= 15 is 0 Å². The maximum absolute atomic E-state index is 12.8. The number of imidazole rings is 1. The molecule has 1 saturated carbocycles. The zero-order valence-electron chi connectivity index (χ0n) is 14.8. The highest BCUT2D eigenvalue weighted by Crippen LogP contribution is 2.40. The van der Waals surface area contributed by atoms with Crippen LogP contribution < -0.4 is 5.32 Å². The molecule has 5 heteroatoms. The van der Waals surface area contributed by atoms with Crippen LogP contribution in [0.15, 0.2) is 36.8 Å². The number of nitrogens with one attached hydrogen (secondary N) is 1. The van der Waals surface area contributed by atoms with Gasteiger partial charge in [-0.15, -0.1) is 0 Å². The Bertz CT molecular complexity index is 732. The second-order valence-electron chi connectivity index (χ2n) is 7.36. The van der Waals surface area contributed by atoms with Crippen molar-refractivity contribution in [3.05, 3.63) is 48.0 Å². The number of rotatable bonds is 5. The topological polar surface area (TPSA) is 50.2 Å². The van der Waals surface area contributed by atoms with Crippen LogP contribution in [0.3, 0.4) is 0 Å². The van der Waals surface area contributed by atoms with Crippen molar-refractivity contribution in [2.24, 2.45) is 7.05 Å². The minimum Gasteiger partial charge on any atom is -0.337 e. The van der Waals surface area contributed by atoms with Gasteiger partial charge in [0.25, 0.3) is 0 Å². The first-order chi connectivity index (χ1) is 12.2. The van der Waals surface area contributed by atoms with Crippen molar-refractivity contribution in [1.82, 2.24) is 14.5 Å². The summed E-state index contributed by atoms with van der Waals surface area (Å²) < 4.78 is 2.03. The highest BCUT2D eigenvalue weighted by molar-refractivity contribution is 5.94. The normalized spacial score (nSPS) is 21.2. The molecular formula is C20H26N4O. The lowest BCUT2D eigenvalue weighted by Crippen LogP contribution is -2.46. The average molecular weight is 338 g/mol. The number of aromatic nitrogens is 2. The summed E-state index contributed by atoms with van der Waals surface area (Å²) in [5.41, 5.74) is 3.45. The average Bonchev–Trinajstić information content (AvgIpc) is 3.40. The summed E-state index contributed by atoms with van der Waals surface area (Å²) in [5, 5.41) is 3.12. The Hall–Kier alpha value is -2.14. The Morgan fingerprint density at radius 2 is 2.00 bits per heavy atom. The van der Waals surface area contributed by atoms with Crippen LogP contribution in [-0.2, 0) is 18.4 Å². The first-order valence-electron chi connectivity index (χ1n) is 9.31. The first-order valence-corrected chi connectivity index (χ1v) is 9.31. The van der Waals surface area contributed by atoms with E-state index in [4.69, 9.17) is 0 Å². The molecule has 2 aromatic rings. The third-order valence-corrected chi connectivity index (χ3v) is 5.42. The molecule has 1 atom stereocenters. The van der Waals surface area contributed by atoms with Crippen LogP contribution in [-0.4, -0.2) is 32.9 Å². The first kappa shape index (κ1) is 16.3. The third-order valence-electron chi connectivity index (χ3n) is 5.42. The molecule has 0 radical (unpaired) electrons. The summed E-state index contributed by atoms with van der Waals surface area (Å²) >= 11 is 0. The van der Waals surface area contributed by atoms with Gasteiger partial charge in [-0.05, 0) is 55.8 Å². The van der Waals surface area contributed by atoms with Gasteiger partial charge in [0, 0.05) is 25.5 Å². The van der Waals surface area contributed by atoms with Crippen molar-refractivity contribution in [2.75, 3.05) is 11.9 Å². The molecule has 2 fully saturated rings. The summed E-state index contributed by atoms with van der Waals surface area (Å²) in [6.07, 6.45) is 9.49. The van der Waals surface area contributed by atoms with Crippen LogP contribution in [0.5, 0.6) is 0 Å². The fraction of sp³-hybridized carbons (Fsp3) is 0.500. The molecule has 1 amide bonds. The lowest BCUT2D eigenvalue weighted by Gasteiger charge is -2.34. The highest BCUT2D eigenvalue weighted by Gasteiger charge is 2.29. The molecule has 2 heterocycles. The molecule has 1 N–H and O–H groups in total. The molecule has 0 bridgehead atoms. The maximum Gasteiger partial charge on any atom is 0.241 e. The van der Waals surface area contributed by atoms with Gasteiger partial charge in [-0.2, -0.15) is 0 Å². The Balaban J connectivity index is 1.42. The van der Waals surface area contributed by atoms with Gasteiger partial charge < -0.3 is 9.88 Å². The number of likely N-dealkylation sites (tertiary alicyclic amines) is 1. The minimum absolute atomic E-state index is 0.0632. The molecule has 1 aliphatic heterocycles. The second kappa shape index (κ2) is 7.00. The number of hydrogen-bond acceptors (Lipinski definition) is 3. The van der Waals surface area contributed by atoms with Crippen LogP contribution in [0, 0.1) is 0 Å². The van der Waals surface area contributed by atoms with E-state index in [9.17, 15) is 4.79 Å². The molecule has 2 aliphatic rings. The Morgan fingerprint density at radius 3 is 2.68 bits per heavy atom. The number of carbonyl (C=O) groups is 1. The molecule has 0 spiro atoms. The molecular weight excluding hydrogens is 312 g/mol. The van der Waals surface area contributed by atoms with Crippen LogP contribution >= 0.6 is 0 Å². The highest BCUT2D eigenvalue weighted by atomic mass is 16.2. The van der Waals surface area contributed by atoms with Crippen molar-refractivity contribution in [3.63, 3.8) is 0 Å². The van der Waals surface area contributed by atoms with E-state index < -0.39 is 0 Å². The molecule has 4 rings (SSSR count). The van der Waals surface area contributed by atoms with Gasteiger partial charge in [-0.3, -0.25) is 9.69 Å². The Morgan fingerprint density at radius 1 is 1.20 bits per heavy atom. The van der Waals surface area contributed by atoms with Crippen molar-refractivity contribution in [3.8, 4) is 0 Å². The molecule has 1 aromatic heterocycles. The van der Waals surface area contributed by atoms with E-state index in [1.54, 1.807) is 0 Å². The predicted octanol–water partition coefficient (Wildman–Crippen LogP) is 3.29. The molecule has 1 saturated heterocycles. The predicted molar refractivity (Wildman–Crippen MR) is 98.3 cm³/mol. The number of anilines is 1. The monoisotopic (exact) mass is 338 g/mol. The Labute approximate surface area is 149 Å². The van der Waals surface area contributed by atoms with Crippen LogP contribution in [0.4, 0.5) is 5.69 Å². The molecule has 132 valence electrons. The molecule has 0 unspecified atom stereocenters. The SMILES string of the molecule is Cn1cncc1CN1CCCC[C@@H]1C(=O)Nc1ccc(C2CC2)cc1. The van der Waals surface area contributed by atoms with Gasteiger partial charge in [0.15, 0.2) is 0 Å². The largest absolute Gasteiger partial charge is 0.337 e. The summed E-state index contributed by atoms with van der Waals surface area (Å²) in [5.74, 6) is 0.860. The molecule has 5 nitrogen and oxygen atoms in total. The quantitative estimate of drug-likeness (QED) is 0.910. The summed E-state index contributed by atoms with van der Waals surface area (Å²) in [6.45, 7) is 1.74. The number of piperidine rings is 1. The van der Waals surface area contributed by atoms with Gasteiger partial charge >= 0.3 is 0 Å². The van der Waals surface area contributed by atoms with E-state index in [1.807, 2.05) is 36.3 Å². The van der Waals surface area contributed by atoms with Crippen LogP contribution in [0.25, 0.3) is 0 Å². The fourth-order valence-electron chi connectivity index (χ4n) is 3.70. The van der Waals surface area contributed by atoms with Crippen LogP contribution in [0.2, 0.25) is 0 Å². The second-order valence-corrected chi connectivity index (χ2v) is 7.36. The molecule has 1 aliphatic carbocycles. The standard InChI is InChI=1S/C20H26N4O/c1-23-14-21-12-18(23)13-24-11-3-2-4-19(24)20(25)22-17-9-7-16(8-10-17)15-5-6-15/h7-10,12,14-15,19H,2-6,11,13H2,1H3,(H,22,25)/t19-/m1/s1. The molecule has 25 heavy (non-hydrogen) atoms. The van der Waals surface area contributed by atoms with Crippen molar-refractivity contribution >= 4 is 11.6 Å². The fourth-order valence-corrected chi connectivity index (χ4v) is 3.70. The van der Waals surface area contributed by atoms with Gasteiger partial charge in [0.05, 0.1) is 18.1 Å². The van der Waals surface area contributed by atoms with Crippen molar-refractivity contribution in [1.29, 1.82) is 0 Å². The number of carbonyl (C=O) groups excluding carboxylic acids is 1. The van der Waals surface area contributed by atoms with Gasteiger partial charge in [-0.25, -0.2) is 4.98 Å². The van der Waals surface area contributed by atoms with E-state index in [-0.39, 0.29) is 11.9 Å². The van der Waals surface area contributed by atoms with Gasteiger partial charge in [-0.1, -0.05) is 18.6 Å². The smallest absolute Gasteiger partial charge is 0.241 e. The summed E-state index contributed by atoms with van der Waals surface area (Å²) in [6, 6.07) is 8.33. The van der Waals surface area contributed by atoms with Crippen molar-refractivity contribution < 1.29 is 4.79 Å². The zero-order chi connectivity index (χ0) is 17.2. The maximum atomic E-state index is 12.8. The minimum atomic E-state index is -0.0632. The Kier molecular flexibility index (Phi) is 4.57. The van der Waals surface area contributed by atoms with Crippen molar-refractivity contribution in [2.45, 2.75) is 50.6 Å². The number of benzene rings is 1. The molecule has 1 aromatic carbocycles. The lowest BCUT2D eigenvalue weighted by atomic mass is 10.0. The summed E-state index contributed by atoms with van der Waals surface area (Å²) in [7, 11) is 2.00. The van der Waals surface area contributed by atoms with E-state index in [2.05, 4.69) is 27.3 Å². The number of hydrogen-bond donors (Lipinski definition) is 1. The van der Waals surface area contributed by atoms with Gasteiger partial charge in [0.1, 0.15) is 0 Å². The van der Waals surface area contributed by atoms with E-state index in [0.717, 1.165) is 49.7 Å². The summed E-state index contributed by atoms with van der Waals surface area (Å²) in [4.78, 5) is 19.3. The van der Waals surface area contributed by atoms with E-state index in [1.165, 1.54) is 18.4 Å². The van der Waals surface area contributed by atoms with Gasteiger partial charge in [0.2, 0.25) is 5.91 Å². The third kappa shape index (κ3) is 3.76. The van der Waals surface area contributed by atoms with Crippen LogP contribution in [0.1, 0.15) is 49.3 Å². The number of aryl methyl sites for hydroxylation is 1. The number of nitrogens with zero attached hydrogens (tertiary/aromatic N) is 3. The van der Waals surface area contributed by atoms with E-state index in [0.29, 0.717) is 0 Å². The lowest BCUT2D eigenvalue weighted by molar-refractivity contribution is -0.122. The number of amides is 1. The zero-order valence-corrected chi connectivity index (χ0v) is 14.8.